The first kappa shape index (κ1) is 21.8. The summed E-state index contributed by atoms with van der Waals surface area (Å²) in [4.78, 5) is 26.1. The van der Waals surface area contributed by atoms with Crippen LogP contribution in [0.15, 0.2) is 41.4 Å². The van der Waals surface area contributed by atoms with Crippen LogP contribution in [0.2, 0.25) is 0 Å². The Labute approximate surface area is 172 Å². The fraction of sp³-hybridized carbons (Fsp3) is 0.211. The number of rotatable bonds is 7. The third-order valence-electron chi connectivity index (χ3n) is 3.65. The Hall–Kier alpha value is -3.53. The molecule has 0 saturated heterocycles. The molecule has 0 saturated carbocycles. The van der Waals surface area contributed by atoms with E-state index in [1.54, 1.807) is 38.1 Å². The summed E-state index contributed by atoms with van der Waals surface area (Å²) in [6, 6.07) is 9.15. The number of aliphatic imine (C=N–C) groups is 1. The van der Waals surface area contributed by atoms with Gasteiger partial charge < -0.3 is 20.5 Å². The highest BCUT2D eigenvalue weighted by Gasteiger charge is 2.16. The van der Waals surface area contributed by atoms with Gasteiger partial charge in [0.2, 0.25) is 5.91 Å². The van der Waals surface area contributed by atoms with Crippen LogP contribution in [0.1, 0.15) is 25.8 Å². The van der Waals surface area contributed by atoms with E-state index in [9.17, 15) is 20.0 Å². The largest absolute Gasteiger partial charge is 0.504 e. The number of thiocarbonyl (C=S) groups is 1. The maximum Gasteiger partial charge on any atom is 0.274 e. The molecule has 0 atom stereocenters. The minimum Gasteiger partial charge on any atom is -0.504 e. The molecule has 0 unspecified atom stereocenters. The van der Waals surface area contributed by atoms with Crippen molar-refractivity contribution in [3.8, 4) is 11.5 Å². The fourth-order valence-electron chi connectivity index (χ4n) is 2.24. The van der Waals surface area contributed by atoms with Gasteiger partial charge in [-0.15, -0.1) is 0 Å². The Kier molecular flexibility index (Phi) is 7.61. The van der Waals surface area contributed by atoms with Crippen molar-refractivity contribution in [3.05, 3.63) is 52.1 Å². The Morgan fingerprint density at radius 1 is 1.31 bits per heavy atom. The number of carbonyl (C=O) groups is 1. The number of benzene rings is 2. The van der Waals surface area contributed by atoms with Gasteiger partial charge in [0.05, 0.1) is 23.3 Å². The zero-order valence-corrected chi connectivity index (χ0v) is 16.7. The number of nitrogens with zero attached hydrogens (tertiary/aromatic N) is 2. The zero-order chi connectivity index (χ0) is 21.4. The molecule has 152 valence electrons. The van der Waals surface area contributed by atoms with Gasteiger partial charge in [0, 0.05) is 30.0 Å². The Morgan fingerprint density at radius 2 is 2.00 bits per heavy atom. The number of carbonyl (C=O) groups excluding carboxylic acids is 1. The number of anilines is 1. The number of amides is 1. The van der Waals surface area contributed by atoms with Crippen molar-refractivity contribution in [2.75, 3.05) is 11.9 Å². The maximum atomic E-state index is 11.3. The monoisotopic (exact) mass is 416 g/mol. The van der Waals surface area contributed by atoms with Crippen molar-refractivity contribution in [2.24, 2.45) is 4.99 Å². The molecule has 29 heavy (non-hydrogen) atoms. The van der Waals surface area contributed by atoms with E-state index in [0.29, 0.717) is 17.8 Å². The van der Waals surface area contributed by atoms with E-state index >= 15 is 0 Å². The minimum absolute atomic E-state index is 0.0188. The van der Waals surface area contributed by atoms with Crippen LogP contribution >= 0.6 is 12.2 Å². The zero-order valence-electron chi connectivity index (χ0n) is 15.8. The number of aromatic hydroxyl groups is 1. The molecule has 0 aromatic heterocycles. The number of nitrogens with one attached hydrogen (secondary N) is 2. The SMILES string of the molecule is CCOc1cc([N+](=O)[O-])cc(C=Nc2ccc(NC(=S)NC(=O)CC)cc2)c1O. The highest BCUT2D eigenvalue weighted by atomic mass is 32.1. The van der Waals surface area contributed by atoms with Gasteiger partial charge in [0.15, 0.2) is 16.6 Å². The summed E-state index contributed by atoms with van der Waals surface area (Å²) < 4.78 is 5.24. The first-order valence-electron chi connectivity index (χ1n) is 8.73. The average molecular weight is 416 g/mol. The molecular weight excluding hydrogens is 396 g/mol. The third kappa shape index (κ3) is 6.25. The quantitative estimate of drug-likeness (QED) is 0.272. The molecule has 0 aliphatic carbocycles. The second kappa shape index (κ2) is 10.1. The lowest BCUT2D eigenvalue weighted by molar-refractivity contribution is -0.385. The van der Waals surface area contributed by atoms with Gasteiger partial charge in [-0.1, -0.05) is 6.92 Å². The lowest BCUT2D eigenvalue weighted by atomic mass is 10.1. The van der Waals surface area contributed by atoms with Gasteiger partial charge in [0.25, 0.3) is 5.69 Å². The fourth-order valence-corrected chi connectivity index (χ4v) is 2.47. The van der Waals surface area contributed by atoms with Crippen molar-refractivity contribution in [2.45, 2.75) is 20.3 Å². The van der Waals surface area contributed by atoms with E-state index in [4.69, 9.17) is 17.0 Å². The number of hydrogen-bond acceptors (Lipinski definition) is 7. The van der Waals surface area contributed by atoms with Crippen LogP contribution in [-0.4, -0.2) is 33.9 Å². The molecule has 1 amide bonds. The molecule has 2 aromatic rings. The van der Waals surface area contributed by atoms with Crippen molar-refractivity contribution in [1.82, 2.24) is 5.32 Å². The van der Waals surface area contributed by atoms with Crippen LogP contribution in [0.5, 0.6) is 11.5 Å². The molecule has 3 N–H and O–H groups in total. The summed E-state index contributed by atoms with van der Waals surface area (Å²) in [5, 5.41) is 26.9. The molecular formula is C19H20N4O5S. The first-order valence-corrected chi connectivity index (χ1v) is 9.14. The smallest absolute Gasteiger partial charge is 0.274 e. The van der Waals surface area contributed by atoms with Gasteiger partial charge in [-0.05, 0) is 43.4 Å². The Balaban J connectivity index is 2.16. The molecule has 2 aromatic carbocycles. The summed E-state index contributed by atoms with van der Waals surface area (Å²) in [7, 11) is 0. The van der Waals surface area contributed by atoms with Gasteiger partial charge in [-0.2, -0.15) is 0 Å². The van der Waals surface area contributed by atoms with E-state index in [1.165, 1.54) is 12.3 Å². The minimum atomic E-state index is -0.569. The number of phenolic OH excluding ortho intramolecular Hbond substituents is 1. The normalized spacial score (nSPS) is 10.6. The molecule has 0 radical (unpaired) electrons. The van der Waals surface area contributed by atoms with E-state index in [1.807, 2.05) is 0 Å². The number of nitro benzene ring substituents is 1. The summed E-state index contributed by atoms with van der Waals surface area (Å²) in [5.74, 6) is -0.395. The van der Waals surface area contributed by atoms with Crippen LogP contribution in [0.3, 0.4) is 0 Å². The van der Waals surface area contributed by atoms with E-state index in [-0.39, 0.29) is 40.4 Å². The maximum absolute atomic E-state index is 11.3. The predicted molar refractivity (Wildman–Crippen MR) is 114 cm³/mol. The van der Waals surface area contributed by atoms with E-state index < -0.39 is 4.92 Å². The molecule has 10 heteroatoms. The highest BCUT2D eigenvalue weighted by molar-refractivity contribution is 7.80. The molecule has 0 heterocycles. The van der Waals surface area contributed by atoms with Crippen LogP contribution in [0, 0.1) is 10.1 Å². The van der Waals surface area contributed by atoms with Crippen molar-refractivity contribution in [1.29, 1.82) is 0 Å². The average Bonchev–Trinajstić information content (AvgIpc) is 2.69. The predicted octanol–water partition coefficient (Wildman–Crippen LogP) is 3.67. The summed E-state index contributed by atoms with van der Waals surface area (Å²) >= 11 is 5.04. The van der Waals surface area contributed by atoms with Gasteiger partial charge in [-0.25, -0.2) is 0 Å². The summed E-state index contributed by atoms with van der Waals surface area (Å²) in [5.41, 5.74) is 1.15. The van der Waals surface area contributed by atoms with Crippen molar-refractivity contribution in [3.63, 3.8) is 0 Å². The number of ether oxygens (including phenoxy) is 1. The Bertz CT molecular complexity index is 944. The lowest BCUT2D eigenvalue weighted by Gasteiger charge is -2.09. The van der Waals surface area contributed by atoms with Gasteiger partial charge in [-0.3, -0.25) is 19.9 Å². The number of hydrogen-bond donors (Lipinski definition) is 3. The molecule has 0 bridgehead atoms. The standard InChI is InChI=1S/C19H20N4O5S/c1-3-17(24)22-19(29)21-14-7-5-13(6-8-14)20-11-12-9-15(23(26)27)10-16(18(12)25)28-4-2/h5-11,25H,3-4H2,1-2H3,(H2,21,22,24,29). The molecule has 9 nitrogen and oxygen atoms in total. The number of phenols is 1. The van der Waals surface area contributed by atoms with Crippen molar-refractivity contribution < 1.29 is 19.6 Å². The van der Waals surface area contributed by atoms with Crippen LogP contribution in [-0.2, 0) is 4.79 Å². The van der Waals surface area contributed by atoms with Crippen LogP contribution < -0.4 is 15.4 Å². The molecule has 0 fully saturated rings. The number of nitro groups is 1. The summed E-state index contributed by atoms with van der Waals surface area (Å²) in [6.07, 6.45) is 1.64. The number of non-ortho nitro benzene ring substituents is 1. The molecule has 0 aliphatic heterocycles. The second-order valence-corrected chi connectivity index (χ2v) is 6.14. The third-order valence-corrected chi connectivity index (χ3v) is 3.86. The van der Waals surface area contributed by atoms with Gasteiger partial charge in [0.1, 0.15) is 0 Å². The lowest BCUT2D eigenvalue weighted by Crippen LogP contribution is -2.33. The van der Waals surface area contributed by atoms with Crippen molar-refractivity contribution >= 4 is 46.5 Å². The molecule has 0 aliphatic rings. The van der Waals surface area contributed by atoms with Gasteiger partial charge >= 0.3 is 0 Å². The van der Waals surface area contributed by atoms with Crippen LogP contribution in [0.4, 0.5) is 17.1 Å². The highest BCUT2D eigenvalue weighted by Crippen LogP contribution is 2.34. The topological polar surface area (TPSA) is 126 Å². The van der Waals surface area contributed by atoms with E-state index in [0.717, 1.165) is 6.07 Å². The molecule has 0 spiro atoms. The van der Waals surface area contributed by atoms with Crippen LogP contribution in [0.25, 0.3) is 0 Å². The first-order chi connectivity index (χ1) is 13.8. The molecule has 2 rings (SSSR count). The summed E-state index contributed by atoms with van der Waals surface area (Å²) in [6.45, 7) is 3.68. The second-order valence-electron chi connectivity index (χ2n) is 5.73. The Morgan fingerprint density at radius 3 is 2.59 bits per heavy atom. The van der Waals surface area contributed by atoms with E-state index in [2.05, 4.69) is 15.6 Å².